The van der Waals surface area contributed by atoms with Crippen LogP contribution >= 0.6 is 23.4 Å². The lowest BCUT2D eigenvalue weighted by atomic mass is 10.1. The van der Waals surface area contributed by atoms with Crippen molar-refractivity contribution < 1.29 is 9.47 Å². The molecule has 0 spiro atoms. The second-order valence-corrected chi connectivity index (χ2v) is 6.04. The van der Waals surface area contributed by atoms with Crippen molar-refractivity contribution in [3.05, 3.63) is 28.9 Å². The molecule has 1 heterocycles. The molecule has 0 aliphatic heterocycles. The topological polar surface area (TPSA) is 68.0 Å². The lowest BCUT2D eigenvalue weighted by Crippen LogP contribution is -2.00. The minimum absolute atomic E-state index is 0.147. The van der Waals surface area contributed by atoms with Crippen LogP contribution in [0.4, 0.5) is 0 Å². The van der Waals surface area contributed by atoms with Gasteiger partial charge in [-0.05, 0) is 30.9 Å². The summed E-state index contributed by atoms with van der Waals surface area (Å²) in [6, 6.07) is 7.53. The number of thioether (sulfide) groups is 1. The number of ether oxygens (including phenoxy) is 2. The van der Waals surface area contributed by atoms with Gasteiger partial charge < -0.3 is 9.47 Å². The fourth-order valence-corrected chi connectivity index (χ4v) is 2.70. The van der Waals surface area contributed by atoms with Gasteiger partial charge in [-0.15, -0.1) is 0 Å². The molecule has 126 valence electrons. The van der Waals surface area contributed by atoms with Crippen LogP contribution in [0.3, 0.4) is 0 Å². The number of unbranched alkanes of at least 4 members (excludes halogenated alkanes) is 1. The van der Waals surface area contributed by atoms with Crippen molar-refractivity contribution in [1.82, 2.24) is 9.97 Å². The zero-order valence-electron chi connectivity index (χ0n) is 13.8. The summed E-state index contributed by atoms with van der Waals surface area (Å²) in [4.78, 5) is 8.52. The van der Waals surface area contributed by atoms with Gasteiger partial charge in [0.25, 0.3) is 0 Å². The number of nitriles is 1. The molecule has 24 heavy (non-hydrogen) atoms. The van der Waals surface area contributed by atoms with E-state index in [9.17, 15) is 5.26 Å². The van der Waals surface area contributed by atoms with Crippen LogP contribution in [-0.4, -0.2) is 29.9 Å². The minimum Gasteiger partial charge on any atom is -0.493 e. The van der Waals surface area contributed by atoms with Crippen LogP contribution in [0.5, 0.6) is 11.5 Å². The Bertz CT molecular complexity index is 762. The summed E-state index contributed by atoms with van der Waals surface area (Å²) in [6.07, 6.45) is 3.89. The first-order valence-electron chi connectivity index (χ1n) is 7.47. The van der Waals surface area contributed by atoms with Gasteiger partial charge in [0.05, 0.1) is 19.4 Å². The monoisotopic (exact) mass is 363 g/mol. The fraction of sp³-hybridized carbons (Fsp3) is 0.353. The molecule has 0 fully saturated rings. The molecule has 2 aromatic rings. The van der Waals surface area contributed by atoms with Gasteiger partial charge in [-0.25, -0.2) is 9.97 Å². The van der Waals surface area contributed by atoms with Crippen molar-refractivity contribution in [2.24, 2.45) is 0 Å². The summed E-state index contributed by atoms with van der Waals surface area (Å²) in [5, 5.41) is 10.0. The maximum absolute atomic E-state index is 9.37. The van der Waals surface area contributed by atoms with Crippen molar-refractivity contribution in [2.75, 3.05) is 20.0 Å². The lowest BCUT2D eigenvalue weighted by Gasteiger charge is -2.13. The molecule has 1 aromatic carbocycles. The molecule has 5 nitrogen and oxygen atoms in total. The van der Waals surface area contributed by atoms with Crippen molar-refractivity contribution in [3.8, 4) is 28.8 Å². The van der Waals surface area contributed by atoms with E-state index in [0.29, 0.717) is 29.0 Å². The third-order valence-corrected chi connectivity index (χ3v) is 4.15. The highest BCUT2D eigenvalue weighted by Crippen LogP contribution is 2.35. The number of benzene rings is 1. The smallest absolute Gasteiger partial charge is 0.189 e. The number of hydrogen-bond acceptors (Lipinski definition) is 6. The molecular formula is C17H18ClN3O2S. The van der Waals surface area contributed by atoms with Crippen molar-refractivity contribution in [3.63, 3.8) is 0 Å². The summed E-state index contributed by atoms with van der Waals surface area (Å²) in [5.74, 6) is 1.26. The molecular weight excluding hydrogens is 346 g/mol. The van der Waals surface area contributed by atoms with E-state index in [-0.39, 0.29) is 10.7 Å². The van der Waals surface area contributed by atoms with Gasteiger partial charge in [0, 0.05) is 5.56 Å². The molecule has 0 radical (unpaired) electrons. The van der Waals surface area contributed by atoms with Gasteiger partial charge in [-0.1, -0.05) is 36.7 Å². The molecule has 0 aliphatic carbocycles. The van der Waals surface area contributed by atoms with E-state index in [1.54, 1.807) is 13.2 Å². The summed E-state index contributed by atoms with van der Waals surface area (Å²) in [7, 11) is 1.58. The molecule has 0 bridgehead atoms. The third-order valence-electron chi connectivity index (χ3n) is 3.33. The van der Waals surface area contributed by atoms with E-state index in [1.165, 1.54) is 11.8 Å². The minimum atomic E-state index is 0.147. The van der Waals surface area contributed by atoms with Crippen LogP contribution in [0.2, 0.25) is 5.15 Å². The number of methoxy groups -OCH3 is 1. The molecule has 0 atom stereocenters. The first-order chi connectivity index (χ1) is 11.6. The van der Waals surface area contributed by atoms with Crippen LogP contribution in [0.15, 0.2) is 23.4 Å². The predicted molar refractivity (Wildman–Crippen MR) is 95.9 cm³/mol. The molecule has 0 saturated heterocycles. The number of halogens is 1. The second kappa shape index (κ2) is 8.76. The summed E-state index contributed by atoms with van der Waals surface area (Å²) in [6.45, 7) is 2.74. The van der Waals surface area contributed by atoms with Crippen LogP contribution in [-0.2, 0) is 0 Å². The first kappa shape index (κ1) is 18.4. The van der Waals surface area contributed by atoms with Gasteiger partial charge in [0.2, 0.25) is 0 Å². The SMILES string of the molecule is CCCCOc1ccc(-c2nc(SC)nc(Cl)c2C#N)cc1OC. The van der Waals surface area contributed by atoms with E-state index in [2.05, 4.69) is 23.0 Å². The van der Waals surface area contributed by atoms with E-state index < -0.39 is 0 Å². The zero-order valence-corrected chi connectivity index (χ0v) is 15.4. The molecule has 1 aromatic heterocycles. The molecule has 2 rings (SSSR count). The van der Waals surface area contributed by atoms with E-state index in [1.807, 2.05) is 18.4 Å². The maximum Gasteiger partial charge on any atom is 0.189 e. The Balaban J connectivity index is 2.46. The van der Waals surface area contributed by atoms with E-state index in [0.717, 1.165) is 18.4 Å². The number of rotatable bonds is 7. The normalized spacial score (nSPS) is 10.3. The average Bonchev–Trinajstić information content (AvgIpc) is 2.61. The molecule has 7 heteroatoms. The van der Waals surface area contributed by atoms with E-state index >= 15 is 0 Å². The molecule has 0 saturated carbocycles. The Labute approximate surface area is 151 Å². The lowest BCUT2D eigenvalue weighted by molar-refractivity contribution is 0.288. The van der Waals surface area contributed by atoms with Crippen molar-refractivity contribution in [2.45, 2.75) is 24.9 Å². The van der Waals surface area contributed by atoms with E-state index in [4.69, 9.17) is 21.1 Å². The fourth-order valence-electron chi connectivity index (χ4n) is 2.07. The van der Waals surface area contributed by atoms with Gasteiger partial charge >= 0.3 is 0 Å². The van der Waals surface area contributed by atoms with Crippen LogP contribution in [0.1, 0.15) is 25.3 Å². The van der Waals surface area contributed by atoms with Crippen molar-refractivity contribution >= 4 is 23.4 Å². The average molecular weight is 364 g/mol. The number of aromatic nitrogens is 2. The summed E-state index contributed by atoms with van der Waals surface area (Å²) >= 11 is 7.48. The Morgan fingerprint density at radius 3 is 2.71 bits per heavy atom. The highest BCUT2D eigenvalue weighted by Gasteiger charge is 2.16. The molecule has 0 aliphatic rings. The highest BCUT2D eigenvalue weighted by atomic mass is 35.5. The quantitative estimate of drug-likeness (QED) is 0.310. The maximum atomic E-state index is 9.37. The van der Waals surface area contributed by atoms with Gasteiger partial charge in [0.1, 0.15) is 11.6 Å². The predicted octanol–water partition coefficient (Wildman–Crippen LogP) is 4.58. The Morgan fingerprint density at radius 2 is 2.08 bits per heavy atom. The van der Waals surface area contributed by atoms with Gasteiger partial charge in [-0.2, -0.15) is 5.26 Å². The van der Waals surface area contributed by atoms with Crippen LogP contribution < -0.4 is 9.47 Å². The second-order valence-electron chi connectivity index (χ2n) is 4.90. The number of hydrogen-bond donors (Lipinski definition) is 0. The largest absolute Gasteiger partial charge is 0.493 e. The Morgan fingerprint density at radius 1 is 1.29 bits per heavy atom. The summed E-state index contributed by atoms with van der Waals surface area (Å²) < 4.78 is 11.1. The first-order valence-corrected chi connectivity index (χ1v) is 9.07. The Kier molecular flexibility index (Phi) is 6.71. The van der Waals surface area contributed by atoms with Crippen LogP contribution in [0, 0.1) is 11.3 Å². The molecule has 0 unspecified atom stereocenters. The summed E-state index contributed by atoms with van der Waals surface area (Å²) in [5.41, 5.74) is 1.46. The number of nitrogens with zero attached hydrogens (tertiary/aromatic N) is 3. The Hall–Kier alpha value is -1.97. The van der Waals surface area contributed by atoms with Gasteiger partial charge in [-0.3, -0.25) is 0 Å². The zero-order chi connectivity index (χ0) is 17.5. The molecule has 0 amide bonds. The standard InChI is InChI=1S/C17H18ClN3O2S/c1-4-5-8-23-13-7-6-11(9-14(13)22-2)15-12(10-19)16(18)21-17(20-15)24-3/h6-7,9H,4-5,8H2,1-3H3. The van der Waals surface area contributed by atoms with Crippen LogP contribution in [0.25, 0.3) is 11.3 Å². The molecule has 0 N–H and O–H groups in total. The van der Waals surface area contributed by atoms with Crippen molar-refractivity contribution in [1.29, 1.82) is 5.26 Å². The third kappa shape index (κ3) is 4.11. The van der Waals surface area contributed by atoms with Gasteiger partial charge in [0.15, 0.2) is 21.8 Å². The highest BCUT2D eigenvalue weighted by molar-refractivity contribution is 7.98.